The second-order valence-corrected chi connectivity index (χ2v) is 8.69. The van der Waals surface area contributed by atoms with E-state index in [0.717, 1.165) is 21.4 Å². The molecule has 1 atom stereocenters. The number of anilines is 2. The van der Waals surface area contributed by atoms with Crippen LogP contribution in [0.5, 0.6) is 5.19 Å². The number of nitrogens with one attached hydrogen (secondary N) is 2. The Morgan fingerprint density at radius 1 is 1.34 bits per heavy atom. The summed E-state index contributed by atoms with van der Waals surface area (Å²) in [6, 6.07) is 12.7. The number of rotatable bonds is 6. The van der Waals surface area contributed by atoms with E-state index in [9.17, 15) is 15.2 Å². The maximum Gasteiger partial charge on any atom is 0.296 e. The first-order valence-corrected chi connectivity index (χ1v) is 11.2. The van der Waals surface area contributed by atoms with E-state index in [4.69, 9.17) is 4.74 Å². The molecule has 2 aromatic heterocycles. The molecule has 1 amide bonds. The molecule has 1 saturated heterocycles. The Morgan fingerprint density at radius 2 is 2.16 bits per heavy atom. The van der Waals surface area contributed by atoms with Gasteiger partial charge in [0.15, 0.2) is 0 Å². The fourth-order valence-corrected chi connectivity index (χ4v) is 3.92. The molecule has 0 saturated carbocycles. The lowest BCUT2D eigenvalue weighted by atomic mass is 10.2. The number of carbonyl (C=O) groups is 1. The number of aliphatic hydroxyl groups is 1. The Balaban J connectivity index is 1.46. The summed E-state index contributed by atoms with van der Waals surface area (Å²) in [6.45, 7) is 1.63. The number of amides is 1. The largest absolute Gasteiger partial charge is 0.464 e. The van der Waals surface area contributed by atoms with Crippen molar-refractivity contribution in [2.24, 2.45) is 0 Å². The summed E-state index contributed by atoms with van der Waals surface area (Å²) >= 11 is 4.49. The van der Waals surface area contributed by atoms with E-state index < -0.39 is 12.1 Å². The number of nitrogens with zero attached hydrogens (tertiary/aromatic N) is 5. The third kappa shape index (κ3) is 5.38. The fourth-order valence-electron chi connectivity index (χ4n) is 3.06. The first kappa shape index (κ1) is 22.1. The van der Waals surface area contributed by atoms with Crippen LogP contribution in [0.25, 0.3) is 0 Å². The van der Waals surface area contributed by atoms with Crippen LogP contribution in [0.1, 0.15) is 21.6 Å². The van der Waals surface area contributed by atoms with Gasteiger partial charge in [-0.1, -0.05) is 33.2 Å². The van der Waals surface area contributed by atoms with Crippen molar-refractivity contribution in [1.82, 2.24) is 20.5 Å². The molecule has 3 aromatic rings. The highest BCUT2D eigenvalue weighted by atomic mass is 79.9. The SMILES string of the molecule is N#Cc1ccc(C(=O)Nc2nnc(OCc3ccc(Br)cc3)s2)c(N2CCNC(O)C2)n1. The zero-order valence-corrected chi connectivity index (χ0v) is 19.1. The van der Waals surface area contributed by atoms with Crippen LogP contribution < -0.4 is 20.3 Å². The molecule has 1 aromatic carbocycles. The van der Waals surface area contributed by atoms with Gasteiger partial charge in [-0.05, 0) is 41.2 Å². The molecule has 0 bridgehead atoms. The average Bonchev–Trinajstić information content (AvgIpc) is 3.25. The van der Waals surface area contributed by atoms with Crippen molar-refractivity contribution < 1.29 is 14.6 Å². The maximum atomic E-state index is 12.9. The average molecular weight is 516 g/mol. The van der Waals surface area contributed by atoms with Gasteiger partial charge >= 0.3 is 0 Å². The number of pyridine rings is 1. The van der Waals surface area contributed by atoms with Crippen LogP contribution in [0.2, 0.25) is 0 Å². The zero-order valence-electron chi connectivity index (χ0n) is 16.7. The molecular formula is C20H18BrN7O3S. The lowest BCUT2D eigenvalue weighted by Crippen LogP contribution is -2.51. The van der Waals surface area contributed by atoms with Crippen molar-refractivity contribution >= 4 is 44.1 Å². The van der Waals surface area contributed by atoms with Gasteiger partial charge < -0.3 is 14.7 Å². The summed E-state index contributed by atoms with van der Waals surface area (Å²) in [7, 11) is 0. The topological polar surface area (TPSA) is 136 Å². The highest BCUT2D eigenvalue weighted by molar-refractivity contribution is 9.10. The summed E-state index contributed by atoms with van der Waals surface area (Å²) in [5, 5.41) is 33.2. The zero-order chi connectivity index (χ0) is 22.5. The number of ether oxygens (including phenoxy) is 1. The molecule has 1 aliphatic rings. The molecule has 1 aliphatic heterocycles. The van der Waals surface area contributed by atoms with E-state index in [2.05, 4.69) is 41.7 Å². The van der Waals surface area contributed by atoms with Crippen molar-refractivity contribution in [3.8, 4) is 11.3 Å². The molecule has 4 rings (SSSR count). The third-order valence-electron chi connectivity index (χ3n) is 4.59. The van der Waals surface area contributed by atoms with E-state index in [1.54, 1.807) is 4.90 Å². The van der Waals surface area contributed by atoms with Gasteiger partial charge in [-0.3, -0.25) is 15.4 Å². The summed E-state index contributed by atoms with van der Waals surface area (Å²) in [5.41, 5.74) is 1.43. The molecule has 0 radical (unpaired) electrons. The van der Waals surface area contributed by atoms with Crippen molar-refractivity contribution in [3.63, 3.8) is 0 Å². The molecule has 1 unspecified atom stereocenters. The van der Waals surface area contributed by atoms with Gasteiger partial charge in [0.25, 0.3) is 11.1 Å². The molecule has 0 spiro atoms. The predicted molar refractivity (Wildman–Crippen MR) is 122 cm³/mol. The van der Waals surface area contributed by atoms with E-state index in [1.807, 2.05) is 30.3 Å². The van der Waals surface area contributed by atoms with Gasteiger partial charge in [0.05, 0.1) is 12.1 Å². The minimum Gasteiger partial charge on any atom is -0.464 e. The number of hydrogen-bond acceptors (Lipinski definition) is 10. The lowest BCUT2D eigenvalue weighted by Gasteiger charge is -2.32. The number of benzene rings is 1. The summed E-state index contributed by atoms with van der Waals surface area (Å²) in [4.78, 5) is 19.0. The van der Waals surface area contributed by atoms with Crippen LogP contribution >= 0.6 is 27.3 Å². The van der Waals surface area contributed by atoms with Gasteiger partial charge in [0, 0.05) is 17.6 Å². The van der Waals surface area contributed by atoms with E-state index in [0.29, 0.717) is 30.7 Å². The normalized spacial score (nSPS) is 15.8. The van der Waals surface area contributed by atoms with Crippen LogP contribution in [0.4, 0.5) is 10.9 Å². The molecular weight excluding hydrogens is 498 g/mol. The maximum absolute atomic E-state index is 12.9. The second kappa shape index (κ2) is 10.0. The van der Waals surface area contributed by atoms with Gasteiger partial charge in [-0.15, -0.1) is 5.10 Å². The van der Waals surface area contributed by atoms with E-state index in [1.165, 1.54) is 12.1 Å². The number of carbonyl (C=O) groups excluding carboxylic acids is 1. The first-order chi connectivity index (χ1) is 15.5. The molecule has 3 N–H and O–H groups in total. The summed E-state index contributed by atoms with van der Waals surface area (Å²) in [5.74, 6) is -0.112. The molecule has 3 heterocycles. The quantitative estimate of drug-likeness (QED) is 0.450. The number of hydrogen-bond donors (Lipinski definition) is 3. The fraction of sp³-hybridized carbons (Fsp3) is 0.250. The summed E-state index contributed by atoms with van der Waals surface area (Å²) < 4.78 is 6.63. The number of aliphatic hydroxyl groups excluding tert-OH is 1. The van der Waals surface area contributed by atoms with Crippen LogP contribution in [0.15, 0.2) is 40.9 Å². The van der Waals surface area contributed by atoms with Crippen LogP contribution in [-0.4, -0.2) is 52.1 Å². The lowest BCUT2D eigenvalue weighted by molar-refractivity contribution is 0.102. The van der Waals surface area contributed by atoms with Crippen LogP contribution in [0, 0.1) is 11.3 Å². The minimum absolute atomic E-state index is 0.184. The standard InChI is InChI=1S/C20H18BrN7O3S/c21-13-3-1-12(2-4-13)11-31-20-27-26-19(32-20)25-18(30)15-6-5-14(9-22)24-17(15)28-8-7-23-16(29)10-28/h1-6,16,23,29H,7-8,10-11H2,(H,25,26,30). The molecule has 32 heavy (non-hydrogen) atoms. The van der Waals surface area contributed by atoms with Crippen molar-refractivity contribution in [1.29, 1.82) is 5.26 Å². The smallest absolute Gasteiger partial charge is 0.296 e. The number of nitriles is 1. The number of aromatic nitrogens is 3. The first-order valence-electron chi connectivity index (χ1n) is 9.61. The highest BCUT2D eigenvalue weighted by Crippen LogP contribution is 2.26. The van der Waals surface area contributed by atoms with Crippen molar-refractivity contribution in [2.75, 3.05) is 29.9 Å². The van der Waals surface area contributed by atoms with Gasteiger partial charge in [-0.2, -0.15) is 5.26 Å². The Morgan fingerprint density at radius 3 is 2.91 bits per heavy atom. The van der Waals surface area contributed by atoms with E-state index >= 15 is 0 Å². The number of β-amino-alcohol motifs (C(OH)–C–C–N with tert-alkyl or cyclic N) is 1. The molecule has 0 aliphatic carbocycles. The molecule has 1 fully saturated rings. The predicted octanol–water partition coefficient (Wildman–Crippen LogP) is 2.13. The van der Waals surface area contributed by atoms with Crippen molar-refractivity contribution in [2.45, 2.75) is 12.8 Å². The monoisotopic (exact) mass is 515 g/mol. The second-order valence-electron chi connectivity index (χ2n) is 6.84. The summed E-state index contributed by atoms with van der Waals surface area (Å²) in [6.07, 6.45) is -0.749. The molecule has 164 valence electrons. The highest BCUT2D eigenvalue weighted by Gasteiger charge is 2.24. The van der Waals surface area contributed by atoms with E-state index in [-0.39, 0.29) is 22.9 Å². The Bertz CT molecular complexity index is 1150. The minimum atomic E-state index is -0.749. The Hall–Kier alpha value is -3.11. The van der Waals surface area contributed by atoms with Gasteiger partial charge in [0.1, 0.15) is 30.4 Å². The van der Waals surface area contributed by atoms with Gasteiger partial charge in [-0.25, -0.2) is 4.98 Å². The molecule has 12 heteroatoms. The van der Waals surface area contributed by atoms with Crippen LogP contribution in [-0.2, 0) is 6.61 Å². The third-order valence-corrected chi connectivity index (χ3v) is 5.87. The van der Waals surface area contributed by atoms with Crippen molar-refractivity contribution in [3.05, 3.63) is 57.7 Å². The Labute approximate surface area is 196 Å². The van der Waals surface area contributed by atoms with Crippen LogP contribution in [0.3, 0.4) is 0 Å². The number of halogens is 1. The van der Waals surface area contributed by atoms with Gasteiger partial charge in [0.2, 0.25) is 5.13 Å². The molecule has 10 nitrogen and oxygen atoms in total. The number of piperazine rings is 1. The Kier molecular flexibility index (Phi) is 6.91.